The summed E-state index contributed by atoms with van der Waals surface area (Å²) in [6.07, 6.45) is 0.409. The number of amides is 2. The summed E-state index contributed by atoms with van der Waals surface area (Å²) in [7, 11) is 0. The smallest absolute Gasteiger partial charge is 0.338 e. The zero-order valence-corrected chi connectivity index (χ0v) is 16.8. The standard InChI is InChI=1S/C21H21FN2O4S/c1-2-24(12-14-4-3-5-16(22)10-14)20(26)13-28-21(27)15-6-7-18-17(11-15)23-19(25)8-9-29-18/h3-7,10-11H,2,8-9,12-13H2,1H3,(H,23,25). The molecule has 2 amide bonds. The van der Waals surface area contributed by atoms with Crippen molar-refractivity contribution in [1.29, 1.82) is 0 Å². The predicted molar refractivity (Wildman–Crippen MR) is 108 cm³/mol. The van der Waals surface area contributed by atoms with Crippen LogP contribution >= 0.6 is 11.8 Å². The average molecular weight is 416 g/mol. The minimum absolute atomic E-state index is 0.104. The van der Waals surface area contributed by atoms with Crippen LogP contribution in [0.4, 0.5) is 10.1 Å². The molecule has 29 heavy (non-hydrogen) atoms. The molecule has 0 unspecified atom stereocenters. The van der Waals surface area contributed by atoms with Gasteiger partial charge in [0.2, 0.25) is 5.91 Å². The molecule has 1 heterocycles. The third-order valence-electron chi connectivity index (χ3n) is 4.40. The Labute approximate surface area is 172 Å². The number of benzene rings is 2. The molecule has 0 radical (unpaired) electrons. The number of hydrogen-bond acceptors (Lipinski definition) is 5. The maximum atomic E-state index is 13.3. The summed E-state index contributed by atoms with van der Waals surface area (Å²) in [4.78, 5) is 38.8. The number of likely N-dealkylation sites (N-methyl/N-ethyl adjacent to an activating group) is 1. The van der Waals surface area contributed by atoms with Crippen LogP contribution in [0.1, 0.15) is 29.3 Å². The number of nitrogens with zero attached hydrogens (tertiary/aromatic N) is 1. The number of rotatable bonds is 6. The summed E-state index contributed by atoms with van der Waals surface area (Å²) in [6, 6.07) is 10.9. The van der Waals surface area contributed by atoms with Crippen molar-refractivity contribution in [3.05, 3.63) is 59.4 Å². The van der Waals surface area contributed by atoms with E-state index in [2.05, 4.69) is 5.32 Å². The Hall–Kier alpha value is -2.87. The fourth-order valence-corrected chi connectivity index (χ4v) is 3.82. The van der Waals surface area contributed by atoms with E-state index < -0.39 is 12.6 Å². The van der Waals surface area contributed by atoms with E-state index in [1.165, 1.54) is 28.8 Å². The van der Waals surface area contributed by atoms with Gasteiger partial charge in [0.1, 0.15) is 5.82 Å². The van der Waals surface area contributed by atoms with E-state index >= 15 is 0 Å². The first-order chi connectivity index (χ1) is 14.0. The zero-order chi connectivity index (χ0) is 20.8. The summed E-state index contributed by atoms with van der Waals surface area (Å²) < 4.78 is 18.5. The van der Waals surface area contributed by atoms with E-state index in [9.17, 15) is 18.8 Å². The van der Waals surface area contributed by atoms with Gasteiger partial charge in [0, 0.05) is 30.2 Å². The number of hydrogen-bond donors (Lipinski definition) is 1. The van der Waals surface area contributed by atoms with Crippen molar-refractivity contribution >= 4 is 35.2 Å². The first kappa shape index (κ1) is 20.9. The van der Waals surface area contributed by atoms with Gasteiger partial charge in [0.05, 0.1) is 11.3 Å². The Bertz CT molecular complexity index is 935. The number of fused-ring (bicyclic) bond motifs is 1. The van der Waals surface area contributed by atoms with Gasteiger partial charge < -0.3 is 15.0 Å². The molecule has 1 aliphatic rings. The summed E-state index contributed by atoms with van der Waals surface area (Å²) in [5, 5.41) is 2.77. The Morgan fingerprint density at radius 1 is 1.24 bits per heavy atom. The lowest BCUT2D eigenvalue weighted by Crippen LogP contribution is -2.34. The quantitative estimate of drug-likeness (QED) is 0.730. The maximum absolute atomic E-state index is 13.3. The third kappa shape index (κ3) is 5.57. The van der Waals surface area contributed by atoms with Crippen molar-refractivity contribution in [3.8, 4) is 0 Å². The van der Waals surface area contributed by atoms with Gasteiger partial charge in [-0.1, -0.05) is 12.1 Å². The van der Waals surface area contributed by atoms with Crippen molar-refractivity contribution in [3.63, 3.8) is 0 Å². The molecule has 0 spiro atoms. The van der Waals surface area contributed by atoms with Crippen LogP contribution in [-0.4, -0.2) is 41.6 Å². The van der Waals surface area contributed by atoms with Crippen LogP contribution in [0.5, 0.6) is 0 Å². The van der Waals surface area contributed by atoms with Crippen LogP contribution in [0.3, 0.4) is 0 Å². The van der Waals surface area contributed by atoms with Crippen molar-refractivity contribution in [1.82, 2.24) is 4.90 Å². The molecule has 8 heteroatoms. The van der Waals surface area contributed by atoms with Crippen LogP contribution in [0, 0.1) is 5.82 Å². The molecule has 0 aliphatic carbocycles. The van der Waals surface area contributed by atoms with Gasteiger partial charge in [-0.3, -0.25) is 9.59 Å². The molecule has 1 N–H and O–H groups in total. The molecule has 0 saturated carbocycles. The molecule has 3 rings (SSSR count). The molecule has 152 valence electrons. The molecular formula is C21H21FN2O4S. The number of carbonyl (C=O) groups excluding carboxylic acids is 3. The number of halogens is 1. The van der Waals surface area contributed by atoms with Gasteiger partial charge in [0.25, 0.3) is 5.91 Å². The fourth-order valence-electron chi connectivity index (χ4n) is 2.88. The molecular weight excluding hydrogens is 395 g/mol. The van der Waals surface area contributed by atoms with Crippen LogP contribution in [0.2, 0.25) is 0 Å². The number of carbonyl (C=O) groups is 3. The molecule has 0 atom stereocenters. The van der Waals surface area contributed by atoms with Gasteiger partial charge in [-0.05, 0) is 42.8 Å². The second-order valence-electron chi connectivity index (χ2n) is 6.47. The van der Waals surface area contributed by atoms with Gasteiger partial charge in [0.15, 0.2) is 6.61 Å². The Balaban J connectivity index is 1.60. The highest BCUT2D eigenvalue weighted by Gasteiger charge is 2.19. The van der Waals surface area contributed by atoms with Crippen molar-refractivity contribution < 1.29 is 23.5 Å². The second kappa shape index (κ2) is 9.56. The van der Waals surface area contributed by atoms with E-state index in [1.54, 1.807) is 37.3 Å². The summed E-state index contributed by atoms with van der Waals surface area (Å²) in [6.45, 7) is 2.01. The lowest BCUT2D eigenvalue weighted by atomic mass is 10.2. The highest BCUT2D eigenvalue weighted by Crippen LogP contribution is 2.31. The van der Waals surface area contributed by atoms with Crippen molar-refractivity contribution in [2.45, 2.75) is 24.8 Å². The summed E-state index contributed by atoms with van der Waals surface area (Å²) >= 11 is 1.54. The lowest BCUT2D eigenvalue weighted by Gasteiger charge is -2.21. The van der Waals surface area contributed by atoms with E-state index in [-0.39, 0.29) is 29.7 Å². The topological polar surface area (TPSA) is 75.7 Å². The van der Waals surface area contributed by atoms with Crippen LogP contribution < -0.4 is 5.32 Å². The largest absolute Gasteiger partial charge is 0.452 e. The van der Waals surface area contributed by atoms with E-state index in [0.717, 1.165) is 4.90 Å². The number of esters is 1. The number of thioether (sulfide) groups is 1. The minimum atomic E-state index is -0.647. The first-order valence-electron chi connectivity index (χ1n) is 9.22. The van der Waals surface area contributed by atoms with Crippen LogP contribution in [0.15, 0.2) is 47.4 Å². The number of anilines is 1. The molecule has 0 fully saturated rings. The zero-order valence-electron chi connectivity index (χ0n) is 15.9. The summed E-state index contributed by atoms with van der Waals surface area (Å²) in [5.74, 6) is -0.816. The monoisotopic (exact) mass is 416 g/mol. The van der Waals surface area contributed by atoms with Gasteiger partial charge in [-0.25, -0.2) is 9.18 Å². The molecule has 0 saturated heterocycles. The van der Waals surface area contributed by atoms with E-state index in [1.807, 2.05) is 0 Å². The number of nitrogens with one attached hydrogen (secondary N) is 1. The molecule has 0 bridgehead atoms. The maximum Gasteiger partial charge on any atom is 0.338 e. The lowest BCUT2D eigenvalue weighted by molar-refractivity contribution is -0.135. The highest BCUT2D eigenvalue weighted by atomic mass is 32.2. The van der Waals surface area contributed by atoms with Crippen molar-refractivity contribution in [2.75, 3.05) is 24.2 Å². The molecule has 0 aromatic heterocycles. The Kier molecular flexibility index (Phi) is 6.87. The minimum Gasteiger partial charge on any atom is -0.452 e. The van der Waals surface area contributed by atoms with E-state index in [0.29, 0.717) is 30.0 Å². The molecule has 6 nitrogen and oxygen atoms in total. The van der Waals surface area contributed by atoms with Gasteiger partial charge >= 0.3 is 5.97 Å². The Morgan fingerprint density at radius 3 is 2.83 bits per heavy atom. The van der Waals surface area contributed by atoms with Crippen LogP contribution in [0.25, 0.3) is 0 Å². The van der Waals surface area contributed by atoms with Crippen molar-refractivity contribution in [2.24, 2.45) is 0 Å². The van der Waals surface area contributed by atoms with Gasteiger partial charge in [-0.15, -0.1) is 11.8 Å². The average Bonchev–Trinajstić information content (AvgIpc) is 2.89. The SMILES string of the molecule is CCN(Cc1cccc(F)c1)C(=O)COC(=O)c1ccc2c(c1)NC(=O)CCS2. The summed E-state index contributed by atoms with van der Waals surface area (Å²) in [5.41, 5.74) is 1.48. The predicted octanol–water partition coefficient (Wildman–Crippen LogP) is 3.47. The normalized spacial score (nSPS) is 13.1. The number of ether oxygens (including phenoxy) is 1. The second-order valence-corrected chi connectivity index (χ2v) is 7.61. The molecule has 2 aromatic carbocycles. The first-order valence-corrected chi connectivity index (χ1v) is 10.2. The Morgan fingerprint density at radius 2 is 2.07 bits per heavy atom. The highest BCUT2D eigenvalue weighted by molar-refractivity contribution is 7.99. The fraction of sp³-hybridized carbons (Fsp3) is 0.286. The van der Waals surface area contributed by atoms with Gasteiger partial charge in [-0.2, -0.15) is 0 Å². The molecule has 1 aliphatic heterocycles. The third-order valence-corrected chi connectivity index (χ3v) is 5.47. The van der Waals surface area contributed by atoms with Crippen LogP contribution in [-0.2, 0) is 20.9 Å². The van der Waals surface area contributed by atoms with E-state index in [4.69, 9.17) is 4.74 Å². The molecule has 2 aromatic rings.